The molecule has 4 aromatic rings. The van der Waals surface area contributed by atoms with Crippen molar-refractivity contribution in [1.82, 2.24) is 5.32 Å². The molecule has 1 atom stereocenters. The summed E-state index contributed by atoms with van der Waals surface area (Å²) in [4.78, 5) is 12.7. The number of fused-ring (bicyclic) bond motifs is 1. The molecule has 0 aliphatic heterocycles. The molecule has 0 saturated heterocycles. The van der Waals surface area contributed by atoms with Crippen LogP contribution in [-0.2, 0) is 11.4 Å². The Morgan fingerprint density at radius 2 is 1.63 bits per heavy atom. The van der Waals surface area contributed by atoms with Crippen LogP contribution >= 0.6 is 23.2 Å². The van der Waals surface area contributed by atoms with Crippen LogP contribution in [-0.4, -0.2) is 5.91 Å². The van der Waals surface area contributed by atoms with Crippen molar-refractivity contribution >= 4 is 46.0 Å². The van der Waals surface area contributed by atoms with Gasteiger partial charge in [-0.05, 0) is 58.7 Å². The molecule has 4 nitrogen and oxygen atoms in total. The molecule has 0 aromatic heterocycles. The third-order valence-electron chi connectivity index (χ3n) is 5.54. The average Bonchev–Trinajstić information content (AvgIpc) is 2.87. The first-order valence-corrected chi connectivity index (χ1v) is 11.8. The molecule has 0 aliphatic rings. The predicted molar refractivity (Wildman–Crippen MR) is 141 cm³/mol. The number of carbonyl (C=O) groups is 1. The first kappa shape index (κ1) is 24.3. The molecule has 1 N–H and O–H groups in total. The van der Waals surface area contributed by atoms with Crippen LogP contribution in [0.15, 0.2) is 90.5 Å². The molecule has 0 fully saturated rings. The number of amides is 1. The van der Waals surface area contributed by atoms with E-state index in [0.717, 1.165) is 21.9 Å². The number of benzene rings is 4. The third-order valence-corrected chi connectivity index (χ3v) is 6.10. The van der Waals surface area contributed by atoms with E-state index in [1.54, 1.807) is 12.1 Å². The smallest absolute Gasteiger partial charge is 0.262 e. The van der Waals surface area contributed by atoms with Gasteiger partial charge in [-0.25, -0.2) is 0 Å². The first-order valence-electron chi connectivity index (χ1n) is 11.0. The van der Waals surface area contributed by atoms with Gasteiger partial charge < -0.3 is 10.1 Å². The molecule has 6 heteroatoms. The molecule has 0 saturated carbocycles. The van der Waals surface area contributed by atoms with Crippen LogP contribution in [0.1, 0.15) is 29.7 Å². The number of nitrogens with one attached hydrogen (secondary N) is 1. The van der Waals surface area contributed by atoms with Gasteiger partial charge in [0.25, 0.3) is 5.91 Å². The van der Waals surface area contributed by atoms with Crippen LogP contribution in [0.25, 0.3) is 16.8 Å². The van der Waals surface area contributed by atoms with E-state index in [4.69, 9.17) is 27.9 Å². The second kappa shape index (κ2) is 11.1. The summed E-state index contributed by atoms with van der Waals surface area (Å²) in [6.45, 7) is 2.15. The fourth-order valence-electron chi connectivity index (χ4n) is 3.70. The van der Waals surface area contributed by atoms with Gasteiger partial charge in [0.1, 0.15) is 18.2 Å². The molecule has 1 amide bonds. The average molecular weight is 501 g/mol. The van der Waals surface area contributed by atoms with E-state index in [1.807, 2.05) is 73.7 Å². The molecular weight excluding hydrogens is 479 g/mol. The zero-order valence-electron chi connectivity index (χ0n) is 19.0. The van der Waals surface area contributed by atoms with Crippen molar-refractivity contribution in [2.24, 2.45) is 0 Å². The summed E-state index contributed by atoms with van der Waals surface area (Å²) in [7, 11) is 0. The van der Waals surface area contributed by atoms with Gasteiger partial charge in [0, 0.05) is 0 Å². The minimum Gasteiger partial charge on any atom is -0.486 e. The van der Waals surface area contributed by atoms with Gasteiger partial charge in [-0.1, -0.05) is 89.9 Å². The Bertz CT molecular complexity index is 1420. The van der Waals surface area contributed by atoms with Crippen molar-refractivity contribution < 1.29 is 9.53 Å². The van der Waals surface area contributed by atoms with Crippen LogP contribution in [0.2, 0.25) is 10.0 Å². The van der Waals surface area contributed by atoms with Crippen LogP contribution in [0.4, 0.5) is 0 Å². The summed E-state index contributed by atoms with van der Waals surface area (Å²) in [5, 5.41) is 15.2. The molecule has 0 aliphatic carbocycles. The molecule has 0 unspecified atom stereocenters. The number of nitrogens with zero attached hydrogens (tertiary/aromatic N) is 1. The topological polar surface area (TPSA) is 62.1 Å². The molecular formula is C29H22Cl2N2O2. The zero-order valence-corrected chi connectivity index (χ0v) is 20.5. The normalized spacial score (nSPS) is 12.1. The monoisotopic (exact) mass is 500 g/mol. The molecule has 0 heterocycles. The lowest BCUT2D eigenvalue weighted by molar-refractivity contribution is -0.117. The maximum atomic E-state index is 12.7. The number of carbonyl (C=O) groups excluding carboxylic acids is 1. The third kappa shape index (κ3) is 6.02. The second-order valence-electron chi connectivity index (χ2n) is 8.06. The molecule has 174 valence electrons. The highest BCUT2D eigenvalue weighted by Crippen LogP contribution is 2.35. The molecule has 0 spiro atoms. The van der Waals surface area contributed by atoms with E-state index < -0.39 is 5.91 Å². The summed E-state index contributed by atoms with van der Waals surface area (Å²) in [5.74, 6) is -0.132. The Morgan fingerprint density at radius 3 is 2.31 bits per heavy atom. The fourth-order valence-corrected chi connectivity index (χ4v) is 4.31. The van der Waals surface area contributed by atoms with E-state index in [9.17, 15) is 10.1 Å². The van der Waals surface area contributed by atoms with E-state index in [0.29, 0.717) is 28.0 Å². The van der Waals surface area contributed by atoms with E-state index in [2.05, 4.69) is 17.4 Å². The van der Waals surface area contributed by atoms with Gasteiger partial charge in [-0.2, -0.15) is 5.26 Å². The summed E-state index contributed by atoms with van der Waals surface area (Å²) in [5.41, 5.74) is 2.40. The maximum absolute atomic E-state index is 12.7. The molecule has 4 aromatic carbocycles. The van der Waals surface area contributed by atoms with Crippen molar-refractivity contribution in [3.05, 3.63) is 117 Å². The molecule has 35 heavy (non-hydrogen) atoms. The number of hydrogen-bond donors (Lipinski definition) is 1. The van der Waals surface area contributed by atoms with Crippen molar-refractivity contribution in [3.8, 4) is 11.8 Å². The Kier molecular flexibility index (Phi) is 7.72. The SMILES string of the molecule is C[C@H](NC(=O)/C(C#N)=C\c1cc(Cl)c(OCc2ccc3ccccc3c2)c(Cl)c1)c1ccccc1. The Morgan fingerprint density at radius 1 is 0.971 bits per heavy atom. The van der Waals surface area contributed by atoms with Crippen LogP contribution in [0.3, 0.4) is 0 Å². The maximum Gasteiger partial charge on any atom is 0.262 e. The standard InChI is InChI=1S/C29H22Cl2N2O2/c1-19(22-7-3-2-4-8-22)33-29(34)25(17-32)14-21-15-26(30)28(27(31)16-21)35-18-20-11-12-23-9-5-6-10-24(23)13-20/h2-16,19H,18H2,1H3,(H,33,34)/b25-14-/t19-/m0/s1. The molecule has 0 bridgehead atoms. The lowest BCUT2D eigenvalue weighted by Gasteiger charge is -2.14. The fraction of sp³-hybridized carbons (Fsp3) is 0.103. The highest BCUT2D eigenvalue weighted by Gasteiger charge is 2.15. The minimum atomic E-state index is -0.479. The van der Waals surface area contributed by atoms with Gasteiger partial charge in [-0.15, -0.1) is 0 Å². The Hall–Kier alpha value is -3.78. The molecule has 4 rings (SSSR count). The van der Waals surface area contributed by atoms with Gasteiger partial charge in [0.2, 0.25) is 0 Å². The van der Waals surface area contributed by atoms with Gasteiger partial charge in [-0.3, -0.25) is 4.79 Å². The Balaban J connectivity index is 1.48. The number of halogens is 2. The summed E-state index contributed by atoms with van der Waals surface area (Å²) < 4.78 is 5.91. The van der Waals surface area contributed by atoms with Crippen LogP contribution in [0, 0.1) is 11.3 Å². The van der Waals surface area contributed by atoms with Crippen molar-refractivity contribution in [2.45, 2.75) is 19.6 Å². The zero-order chi connectivity index (χ0) is 24.8. The minimum absolute atomic E-state index is 0.0512. The van der Waals surface area contributed by atoms with Crippen LogP contribution in [0.5, 0.6) is 5.75 Å². The quantitative estimate of drug-likeness (QED) is 0.211. The van der Waals surface area contributed by atoms with Gasteiger partial charge in [0.05, 0.1) is 16.1 Å². The van der Waals surface area contributed by atoms with Gasteiger partial charge in [0.15, 0.2) is 5.75 Å². The lowest BCUT2D eigenvalue weighted by Crippen LogP contribution is -2.27. The van der Waals surface area contributed by atoms with E-state index in [-0.39, 0.29) is 11.6 Å². The predicted octanol–water partition coefficient (Wildman–Crippen LogP) is 7.51. The highest BCUT2D eigenvalue weighted by atomic mass is 35.5. The largest absolute Gasteiger partial charge is 0.486 e. The second-order valence-corrected chi connectivity index (χ2v) is 8.87. The van der Waals surface area contributed by atoms with Crippen molar-refractivity contribution in [3.63, 3.8) is 0 Å². The lowest BCUT2D eigenvalue weighted by atomic mass is 10.1. The Labute approximate surface area is 214 Å². The van der Waals surface area contributed by atoms with Crippen molar-refractivity contribution in [2.75, 3.05) is 0 Å². The number of nitriles is 1. The molecule has 0 radical (unpaired) electrons. The van der Waals surface area contributed by atoms with Gasteiger partial charge >= 0.3 is 0 Å². The highest BCUT2D eigenvalue weighted by molar-refractivity contribution is 6.37. The van der Waals surface area contributed by atoms with Crippen molar-refractivity contribution in [1.29, 1.82) is 5.26 Å². The summed E-state index contributed by atoms with van der Waals surface area (Å²) in [6, 6.07) is 28.6. The number of rotatable bonds is 7. The van der Waals surface area contributed by atoms with Crippen LogP contribution < -0.4 is 10.1 Å². The number of hydrogen-bond acceptors (Lipinski definition) is 3. The van der Waals surface area contributed by atoms with E-state index >= 15 is 0 Å². The van der Waals surface area contributed by atoms with E-state index in [1.165, 1.54) is 6.08 Å². The first-order chi connectivity index (χ1) is 16.9. The number of ether oxygens (including phenoxy) is 1. The summed E-state index contributed by atoms with van der Waals surface area (Å²) in [6.07, 6.45) is 1.46. The summed E-state index contributed by atoms with van der Waals surface area (Å²) >= 11 is 12.9.